The first-order valence-electron chi connectivity index (χ1n) is 7.58. The highest BCUT2D eigenvalue weighted by atomic mass is 16.5. The Balaban J connectivity index is 2.41. The smallest absolute Gasteiger partial charge is 0.354 e. The summed E-state index contributed by atoms with van der Waals surface area (Å²) in [5, 5.41) is 11.3. The van der Waals surface area contributed by atoms with Crippen molar-refractivity contribution in [3.63, 3.8) is 0 Å². The van der Waals surface area contributed by atoms with E-state index >= 15 is 0 Å². The molecular weight excluding hydrogens is 304 g/mol. The van der Waals surface area contributed by atoms with Crippen LogP contribution in [0.15, 0.2) is 30.5 Å². The summed E-state index contributed by atoms with van der Waals surface area (Å²) in [6.07, 6.45) is 1.75. The molecule has 0 fully saturated rings. The van der Waals surface area contributed by atoms with Crippen LogP contribution >= 0.6 is 0 Å². The molecule has 0 aliphatic carbocycles. The molecule has 0 radical (unpaired) electrons. The lowest BCUT2D eigenvalue weighted by Gasteiger charge is -2.16. The minimum atomic E-state index is -1.02. The molecule has 2 aromatic heterocycles. The van der Waals surface area contributed by atoms with Crippen LogP contribution in [0.1, 0.15) is 27.3 Å². The minimum absolute atomic E-state index is 0.0910. The molecule has 5 heteroatoms. The zero-order valence-electron chi connectivity index (χ0n) is 14.0. The van der Waals surface area contributed by atoms with Crippen LogP contribution in [0.2, 0.25) is 0 Å². The molecule has 2 heterocycles. The van der Waals surface area contributed by atoms with E-state index in [-0.39, 0.29) is 5.69 Å². The van der Waals surface area contributed by atoms with Crippen molar-refractivity contribution in [2.45, 2.75) is 20.8 Å². The number of carboxylic acids is 1. The van der Waals surface area contributed by atoms with Gasteiger partial charge in [0, 0.05) is 28.9 Å². The largest absolute Gasteiger partial charge is 0.481 e. The number of hydrogen-bond acceptors (Lipinski definition) is 4. The monoisotopic (exact) mass is 322 g/mol. The van der Waals surface area contributed by atoms with Gasteiger partial charge < -0.3 is 9.84 Å². The summed E-state index contributed by atoms with van der Waals surface area (Å²) >= 11 is 0. The molecule has 3 rings (SSSR count). The van der Waals surface area contributed by atoms with E-state index in [0.717, 1.165) is 27.5 Å². The molecule has 5 nitrogen and oxygen atoms in total. The Morgan fingerprint density at radius 2 is 1.88 bits per heavy atom. The van der Waals surface area contributed by atoms with Gasteiger partial charge in [-0.25, -0.2) is 14.8 Å². The maximum absolute atomic E-state index is 11.5. The first-order chi connectivity index (χ1) is 11.4. The number of carbonyl (C=O) groups is 1. The number of methoxy groups -OCH3 is 1. The van der Waals surface area contributed by atoms with Crippen LogP contribution in [0, 0.1) is 20.8 Å². The van der Waals surface area contributed by atoms with Gasteiger partial charge >= 0.3 is 5.97 Å². The zero-order valence-corrected chi connectivity index (χ0v) is 14.0. The number of rotatable bonds is 3. The number of fused-ring (bicyclic) bond motifs is 1. The molecule has 0 atom stereocenters. The van der Waals surface area contributed by atoms with Crippen LogP contribution in [0.3, 0.4) is 0 Å². The van der Waals surface area contributed by atoms with E-state index in [4.69, 9.17) is 4.74 Å². The summed E-state index contributed by atoms with van der Waals surface area (Å²) in [4.78, 5) is 20.1. The van der Waals surface area contributed by atoms with Crippen LogP contribution < -0.4 is 4.74 Å². The summed E-state index contributed by atoms with van der Waals surface area (Å²) in [5.74, 6) is -0.477. The number of aromatic carboxylic acids is 1. The predicted molar refractivity (Wildman–Crippen MR) is 92.7 cm³/mol. The fourth-order valence-electron chi connectivity index (χ4n) is 3.06. The number of aryl methyl sites for hydroxylation is 3. The van der Waals surface area contributed by atoms with Gasteiger partial charge in [0.05, 0.1) is 7.11 Å². The van der Waals surface area contributed by atoms with E-state index in [9.17, 15) is 9.90 Å². The van der Waals surface area contributed by atoms with Gasteiger partial charge in [-0.3, -0.25) is 0 Å². The normalized spacial score (nSPS) is 10.8. The third-order valence-corrected chi connectivity index (χ3v) is 4.25. The van der Waals surface area contributed by atoms with Gasteiger partial charge in [-0.1, -0.05) is 12.1 Å². The third-order valence-electron chi connectivity index (χ3n) is 4.25. The molecule has 0 unspecified atom stereocenters. The number of hydrogen-bond donors (Lipinski definition) is 1. The van der Waals surface area contributed by atoms with Gasteiger partial charge in [-0.15, -0.1) is 0 Å². The Morgan fingerprint density at radius 3 is 2.46 bits per heavy atom. The highest BCUT2D eigenvalue weighted by molar-refractivity contribution is 6.05. The lowest BCUT2D eigenvalue weighted by Crippen LogP contribution is -2.06. The van der Waals surface area contributed by atoms with E-state index in [1.165, 1.54) is 0 Å². The molecule has 0 saturated heterocycles. The summed E-state index contributed by atoms with van der Waals surface area (Å²) in [7, 11) is 1.57. The second kappa shape index (κ2) is 5.92. The van der Waals surface area contributed by atoms with E-state index in [1.807, 2.05) is 32.0 Å². The Bertz CT molecular complexity index is 947. The van der Waals surface area contributed by atoms with Crippen LogP contribution in [0.25, 0.3) is 21.9 Å². The van der Waals surface area contributed by atoms with Crippen molar-refractivity contribution in [2.24, 2.45) is 0 Å². The average Bonchev–Trinajstić information content (AvgIpc) is 2.57. The van der Waals surface area contributed by atoms with Gasteiger partial charge in [0.2, 0.25) is 5.88 Å². The molecule has 0 spiro atoms. The predicted octanol–water partition coefficient (Wildman–Crippen LogP) is 3.93. The van der Waals surface area contributed by atoms with E-state index in [0.29, 0.717) is 17.1 Å². The first-order valence-corrected chi connectivity index (χ1v) is 7.58. The summed E-state index contributed by atoms with van der Waals surface area (Å²) < 4.78 is 5.12. The van der Waals surface area contributed by atoms with Gasteiger partial charge in [0.25, 0.3) is 0 Å². The molecule has 0 saturated carbocycles. The van der Waals surface area contributed by atoms with Crippen molar-refractivity contribution < 1.29 is 14.6 Å². The third kappa shape index (κ3) is 2.48. The van der Waals surface area contributed by atoms with Crippen LogP contribution in [0.5, 0.6) is 5.88 Å². The van der Waals surface area contributed by atoms with Crippen LogP contribution in [0.4, 0.5) is 0 Å². The van der Waals surface area contributed by atoms with Crippen LogP contribution in [-0.4, -0.2) is 28.2 Å². The number of aromatic nitrogens is 2. The molecule has 1 N–H and O–H groups in total. The fourth-order valence-corrected chi connectivity index (χ4v) is 3.06. The van der Waals surface area contributed by atoms with E-state index in [1.54, 1.807) is 26.3 Å². The Kier molecular flexibility index (Phi) is 3.93. The number of pyridine rings is 2. The van der Waals surface area contributed by atoms with Crippen molar-refractivity contribution in [3.8, 4) is 17.0 Å². The Morgan fingerprint density at radius 1 is 1.12 bits per heavy atom. The lowest BCUT2D eigenvalue weighted by atomic mass is 9.91. The second-order valence-corrected chi connectivity index (χ2v) is 5.75. The zero-order chi connectivity index (χ0) is 17.4. The minimum Gasteiger partial charge on any atom is -0.481 e. The number of nitrogens with zero attached hydrogens (tertiary/aromatic N) is 2. The van der Waals surface area contributed by atoms with Crippen molar-refractivity contribution in [1.82, 2.24) is 9.97 Å². The maximum Gasteiger partial charge on any atom is 0.354 e. The molecule has 0 amide bonds. The molecule has 0 bridgehead atoms. The van der Waals surface area contributed by atoms with Gasteiger partial charge in [0.1, 0.15) is 0 Å². The maximum atomic E-state index is 11.5. The summed E-state index contributed by atoms with van der Waals surface area (Å²) in [6, 6.07) is 7.75. The van der Waals surface area contributed by atoms with Crippen molar-refractivity contribution in [1.29, 1.82) is 0 Å². The summed E-state index contributed by atoms with van der Waals surface area (Å²) in [5.41, 5.74) is 4.42. The Hall–Kier alpha value is -2.95. The second-order valence-electron chi connectivity index (χ2n) is 5.75. The lowest BCUT2D eigenvalue weighted by molar-refractivity contribution is 0.0689. The number of carboxylic acid groups (broad SMARTS) is 1. The summed E-state index contributed by atoms with van der Waals surface area (Å²) in [6.45, 7) is 5.65. The van der Waals surface area contributed by atoms with Gasteiger partial charge in [-0.05, 0) is 48.9 Å². The molecule has 1 aromatic carbocycles. The molecule has 0 aliphatic heterocycles. The number of benzene rings is 1. The van der Waals surface area contributed by atoms with E-state index in [2.05, 4.69) is 9.97 Å². The molecule has 122 valence electrons. The quantitative estimate of drug-likeness (QED) is 0.791. The SMILES string of the molecule is COc1ccc(-c2c(C)ccc3c(C)nc(C(=O)O)c(C)c23)cn1. The van der Waals surface area contributed by atoms with Gasteiger partial charge in [-0.2, -0.15) is 0 Å². The highest BCUT2D eigenvalue weighted by Gasteiger charge is 2.18. The van der Waals surface area contributed by atoms with Crippen molar-refractivity contribution in [3.05, 3.63) is 53.0 Å². The standard InChI is InChI=1S/C19H18N2O3/c1-10-5-7-14-12(3)21-18(19(22)23)11(2)17(14)16(10)13-6-8-15(24-4)20-9-13/h5-9H,1-4H3,(H,22,23). The van der Waals surface area contributed by atoms with Crippen molar-refractivity contribution in [2.75, 3.05) is 7.11 Å². The van der Waals surface area contributed by atoms with E-state index < -0.39 is 5.97 Å². The first kappa shape index (κ1) is 15.9. The van der Waals surface area contributed by atoms with Crippen LogP contribution in [-0.2, 0) is 0 Å². The Labute approximate surface area is 140 Å². The highest BCUT2D eigenvalue weighted by Crippen LogP contribution is 2.36. The van der Waals surface area contributed by atoms with Crippen molar-refractivity contribution >= 4 is 16.7 Å². The number of ether oxygens (including phenoxy) is 1. The van der Waals surface area contributed by atoms with Gasteiger partial charge in [0.15, 0.2) is 5.69 Å². The molecular formula is C19H18N2O3. The average molecular weight is 322 g/mol. The topological polar surface area (TPSA) is 72.3 Å². The molecule has 3 aromatic rings. The fraction of sp³-hybridized carbons (Fsp3) is 0.211. The molecule has 0 aliphatic rings. The molecule has 24 heavy (non-hydrogen) atoms.